The van der Waals surface area contributed by atoms with Crippen LogP contribution in [0.25, 0.3) is 22.3 Å². The van der Waals surface area contributed by atoms with Crippen LogP contribution in [-0.2, 0) is 9.47 Å². The average Bonchev–Trinajstić information content (AvgIpc) is 3.01. The second-order valence-corrected chi connectivity index (χ2v) is 10.9. The van der Waals surface area contributed by atoms with E-state index in [1.54, 1.807) is 42.5 Å². The lowest BCUT2D eigenvalue weighted by Crippen LogP contribution is -2.30. The van der Waals surface area contributed by atoms with Crippen molar-refractivity contribution < 1.29 is 27.4 Å². The molecule has 1 aliphatic rings. The summed E-state index contributed by atoms with van der Waals surface area (Å²) in [6.07, 6.45) is 14.0. The molecule has 0 unspecified atom stereocenters. The van der Waals surface area contributed by atoms with Crippen LogP contribution in [0.3, 0.4) is 0 Å². The van der Waals surface area contributed by atoms with Crippen LogP contribution in [0.2, 0.25) is 0 Å². The van der Waals surface area contributed by atoms with Gasteiger partial charge in [0.05, 0.1) is 13.2 Å². The normalized spacial score (nSPS) is 17.2. The van der Waals surface area contributed by atoms with Gasteiger partial charge in [0.25, 0.3) is 0 Å². The van der Waals surface area contributed by atoms with Gasteiger partial charge < -0.3 is 14.2 Å². The number of halogens is 3. The molecule has 3 nitrogen and oxygen atoms in total. The molecule has 0 N–H and O–H groups in total. The second-order valence-electron chi connectivity index (χ2n) is 10.9. The number of allylic oxidation sites excluding steroid dienone is 1. The monoisotopic (exact) mass is 580 g/mol. The Morgan fingerprint density at radius 3 is 2.05 bits per heavy atom. The summed E-state index contributed by atoms with van der Waals surface area (Å²) in [5.74, 6) is -2.50. The molecule has 0 radical (unpaired) electrons. The van der Waals surface area contributed by atoms with Crippen molar-refractivity contribution in [2.75, 3.05) is 19.8 Å². The third kappa shape index (κ3) is 8.71. The number of benzene rings is 3. The molecule has 226 valence electrons. The van der Waals surface area contributed by atoms with Crippen molar-refractivity contribution in [1.82, 2.24) is 0 Å². The first-order valence-electron chi connectivity index (χ1n) is 15.4. The predicted octanol–water partition coefficient (Wildman–Crippen LogP) is 10.4. The highest BCUT2D eigenvalue weighted by atomic mass is 19.2. The Bertz CT molecular complexity index is 1280. The first kappa shape index (κ1) is 31.8. The molecule has 6 heteroatoms. The van der Waals surface area contributed by atoms with Gasteiger partial charge >= 0.3 is 0 Å². The summed E-state index contributed by atoms with van der Waals surface area (Å²) >= 11 is 0. The fraction of sp³-hybridized carbons (Fsp3) is 0.444. The first-order valence-corrected chi connectivity index (χ1v) is 15.4. The Morgan fingerprint density at radius 1 is 0.738 bits per heavy atom. The molecular weight excluding hydrogens is 537 g/mol. The maximum atomic E-state index is 15.2. The second kappa shape index (κ2) is 16.5. The molecule has 1 aliphatic heterocycles. The van der Waals surface area contributed by atoms with Gasteiger partial charge in [-0.2, -0.15) is 4.39 Å². The van der Waals surface area contributed by atoms with E-state index in [1.165, 1.54) is 50.7 Å². The SMILES string of the molecule is CC/C=C/COc1ccc(-c2ccc(-c3ccc(C4COC(CCCCCCCCC)OC4)cc3F)cc2)c(F)c1F. The molecule has 3 aromatic rings. The Balaban J connectivity index is 1.31. The third-order valence-electron chi connectivity index (χ3n) is 7.77. The minimum atomic E-state index is -1.03. The van der Waals surface area contributed by atoms with Crippen LogP contribution in [0.5, 0.6) is 5.75 Å². The van der Waals surface area contributed by atoms with Gasteiger partial charge in [-0.15, -0.1) is 0 Å². The van der Waals surface area contributed by atoms with Crippen LogP contribution < -0.4 is 4.74 Å². The zero-order valence-electron chi connectivity index (χ0n) is 24.8. The van der Waals surface area contributed by atoms with Crippen molar-refractivity contribution in [2.45, 2.75) is 83.8 Å². The van der Waals surface area contributed by atoms with Gasteiger partial charge in [-0.25, -0.2) is 8.78 Å². The van der Waals surface area contributed by atoms with Crippen molar-refractivity contribution in [3.8, 4) is 28.0 Å². The highest BCUT2D eigenvalue weighted by molar-refractivity contribution is 5.71. The fourth-order valence-corrected chi connectivity index (χ4v) is 5.26. The number of ether oxygens (including phenoxy) is 3. The first-order chi connectivity index (χ1) is 20.5. The molecule has 1 saturated heterocycles. The molecule has 0 aromatic heterocycles. The molecule has 0 spiro atoms. The van der Waals surface area contributed by atoms with Crippen LogP contribution in [0.4, 0.5) is 13.2 Å². The number of hydrogen-bond acceptors (Lipinski definition) is 3. The summed E-state index contributed by atoms with van der Waals surface area (Å²) in [6, 6.07) is 14.9. The summed E-state index contributed by atoms with van der Waals surface area (Å²) in [6.45, 7) is 5.40. The van der Waals surface area contributed by atoms with Crippen LogP contribution in [0.1, 0.15) is 83.1 Å². The fourth-order valence-electron chi connectivity index (χ4n) is 5.26. The van der Waals surface area contributed by atoms with E-state index in [1.807, 2.05) is 19.1 Å². The predicted molar refractivity (Wildman–Crippen MR) is 163 cm³/mol. The highest BCUT2D eigenvalue weighted by Gasteiger charge is 2.24. The van der Waals surface area contributed by atoms with Gasteiger partial charge in [0.2, 0.25) is 5.82 Å². The standard InChI is InChI=1S/C36H43F3O3/c1-3-5-7-8-9-10-11-13-34-41-24-29(25-42-34)28-18-19-30(32(37)23-28)26-14-16-27(17-15-26)31-20-21-33(36(39)35(31)38)40-22-12-6-4-2/h6,12,14-21,23,29,34H,3-5,7-11,13,22,24-25H2,1-2H3/b12-6+. The lowest BCUT2D eigenvalue weighted by molar-refractivity contribution is -0.190. The van der Waals surface area contributed by atoms with Crippen LogP contribution in [0, 0.1) is 17.5 Å². The van der Waals surface area contributed by atoms with Gasteiger partial charge in [-0.1, -0.05) is 101 Å². The van der Waals surface area contributed by atoms with Crippen LogP contribution in [0.15, 0.2) is 66.7 Å². The zero-order chi connectivity index (χ0) is 29.7. The van der Waals surface area contributed by atoms with Gasteiger partial charge in [0.1, 0.15) is 12.4 Å². The molecule has 0 aliphatic carbocycles. The van der Waals surface area contributed by atoms with E-state index in [0.717, 1.165) is 24.8 Å². The summed E-state index contributed by atoms with van der Waals surface area (Å²) < 4.78 is 61.9. The van der Waals surface area contributed by atoms with E-state index in [0.29, 0.717) is 29.9 Å². The average molecular weight is 581 g/mol. The quantitative estimate of drug-likeness (QED) is 0.132. The summed E-state index contributed by atoms with van der Waals surface area (Å²) in [4.78, 5) is 0. The van der Waals surface area contributed by atoms with E-state index < -0.39 is 11.6 Å². The van der Waals surface area contributed by atoms with E-state index >= 15 is 4.39 Å². The molecule has 42 heavy (non-hydrogen) atoms. The Kier molecular flexibility index (Phi) is 12.5. The van der Waals surface area contributed by atoms with E-state index in [2.05, 4.69) is 6.92 Å². The summed E-state index contributed by atoms with van der Waals surface area (Å²) in [5, 5.41) is 0. The van der Waals surface area contributed by atoms with Crippen molar-refractivity contribution in [1.29, 1.82) is 0 Å². The van der Waals surface area contributed by atoms with E-state index in [-0.39, 0.29) is 35.9 Å². The Labute approximate surface area is 248 Å². The lowest BCUT2D eigenvalue weighted by Gasteiger charge is -2.30. The molecule has 1 fully saturated rings. The van der Waals surface area contributed by atoms with E-state index in [9.17, 15) is 8.78 Å². The molecule has 1 heterocycles. The van der Waals surface area contributed by atoms with Crippen molar-refractivity contribution >= 4 is 0 Å². The largest absolute Gasteiger partial charge is 0.486 e. The number of rotatable bonds is 15. The molecule has 0 atom stereocenters. The van der Waals surface area contributed by atoms with Gasteiger partial charge in [0, 0.05) is 17.0 Å². The zero-order valence-corrected chi connectivity index (χ0v) is 24.8. The minimum absolute atomic E-state index is 0.0197. The van der Waals surface area contributed by atoms with E-state index in [4.69, 9.17) is 14.2 Å². The smallest absolute Gasteiger partial charge is 0.201 e. The number of unbranched alkanes of at least 4 members (excludes halogenated alkanes) is 6. The molecule has 0 amide bonds. The minimum Gasteiger partial charge on any atom is -0.486 e. The Morgan fingerprint density at radius 2 is 1.38 bits per heavy atom. The van der Waals surface area contributed by atoms with Gasteiger partial charge in [-0.05, 0) is 54.2 Å². The van der Waals surface area contributed by atoms with Crippen molar-refractivity contribution in [3.05, 3.63) is 89.8 Å². The summed E-state index contributed by atoms with van der Waals surface area (Å²) in [5.41, 5.74) is 2.54. The van der Waals surface area contributed by atoms with Crippen LogP contribution >= 0.6 is 0 Å². The summed E-state index contributed by atoms with van der Waals surface area (Å²) in [7, 11) is 0. The third-order valence-corrected chi connectivity index (χ3v) is 7.77. The van der Waals surface area contributed by atoms with Gasteiger partial charge in [0.15, 0.2) is 17.9 Å². The van der Waals surface area contributed by atoms with Crippen molar-refractivity contribution in [2.24, 2.45) is 0 Å². The van der Waals surface area contributed by atoms with Crippen LogP contribution in [-0.4, -0.2) is 26.1 Å². The Hall–Kier alpha value is -3.09. The maximum Gasteiger partial charge on any atom is 0.201 e. The molecule has 4 rings (SSSR count). The molecule has 3 aromatic carbocycles. The molecule has 0 bridgehead atoms. The van der Waals surface area contributed by atoms with Gasteiger partial charge in [-0.3, -0.25) is 0 Å². The molecule has 0 saturated carbocycles. The highest BCUT2D eigenvalue weighted by Crippen LogP contribution is 2.33. The lowest BCUT2D eigenvalue weighted by atomic mass is 9.95. The molecular formula is C36H43F3O3. The topological polar surface area (TPSA) is 27.7 Å². The maximum absolute atomic E-state index is 15.2. The van der Waals surface area contributed by atoms with Crippen molar-refractivity contribution in [3.63, 3.8) is 0 Å². The number of hydrogen-bond donors (Lipinski definition) is 0.